The number of nitrogens with zero attached hydrogens (tertiary/aromatic N) is 2. The van der Waals surface area contributed by atoms with E-state index in [1.54, 1.807) is 0 Å². The third-order valence-electron chi connectivity index (χ3n) is 6.25. The molecule has 1 amide bonds. The molecule has 5 heteroatoms. The highest BCUT2D eigenvalue weighted by molar-refractivity contribution is 5.94. The van der Waals surface area contributed by atoms with Crippen molar-refractivity contribution >= 4 is 16.9 Å². The molecule has 1 aromatic heterocycles. The molecule has 0 aliphatic carbocycles. The fourth-order valence-corrected chi connectivity index (χ4v) is 4.17. The van der Waals surface area contributed by atoms with Gasteiger partial charge in [0.05, 0.1) is 23.7 Å². The van der Waals surface area contributed by atoms with Gasteiger partial charge in [-0.25, -0.2) is 4.98 Å². The number of rotatable bonds is 8. The van der Waals surface area contributed by atoms with Gasteiger partial charge in [-0.05, 0) is 67.6 Å². The first-order valence-electron chi connectivity index (χ1n) is 12.3. The molecule has 5 nitrogen and oxygen atoms in total. The van der Waals surface area contributed by atoms with E-state index in [9.17, 15) is 4.79 Å². The van der Waals surface area contributed by atoms with Crippen LogP contribution in [-0.2, 0) is 12.0 Å². The molecule has 0 fully saturated rings. The predicted octanol–water partition coefficient (Wildman–Crippen LogP) is 6.60. The van der Waals surface area contributed by atoms with Gasteiger partial charge in [-0.1, -0.05) is 62.7 Å². The third-order valence-corrected chi connectivity index (χ3v) is 6.25. The highest BCUT2D eigenvalue weighted by Crippen LogP contribution is 2.25. The van der Waals surface area contributed by atoms with E-state index >= 15 is 0 Å². The summed E-state index contributed by atoms with van der Waals surface area (Å²) in [5.74, 6) is 1.63. The van der Waals surface area contributed by atoms with E-state index in [1.807, 2.05) is 68.4 Å². The molecule has 1 atom stereocenters. The van der Waals surface area contributed by atoms with E-state index in [1.165, 1.54) is 5.56 Å². The molecule has 3 aromatic carbocycles. The van der Waals surface area contributed by atoms with Gasteiger partial charge < -0.3 is 14.6 Å². The highest BCUT2D eigenvalue weighted by atomic mass is 16.5. The van der Waals surface area contributed by atoms with Gasteiger partial charge in [0.25, 0.3) is 5.91 Å². The van der Waals surface area contributed by atoms with Gasteiger partial charge in [-0.3, -0.25) is 4.79 Å². The molecule has 0 spiro atoms. The number of nitrogens with one attached hydrogen (secondary N) is 1. The molecule has 4 rings (SSSR count). The van der Waals surface area contributed by atoms with Crippen LogP contribution in [0.25, 0.3) is 11.0 Å². The molecule has 0 bridgehead atoms. The minimum absolute atomic E-state index is 0.0989. The summed E-state index contributed by atoms with van der Waals surface area (Å²) < 4.78 is 8.21. The van der Waals surface area contributed by atoms with Crippen LogP contribution < -0.4 is 10.1 Å². The number of amides is 1. The zero-order valence-electron chi connectivity index (χ0n) is 21.3. The standard InChI is InChI=1S/C30H35N3O2/c1-21-11-13-23(14-12-21)29(34)31-22(2)28-32-26-9-6-7-10-27(26)33(28)19-8-20-35-25-17-15-24(16-18-25)30(3,4)5/h6-7,9-18,22H,8,19-20H2,1-5H3,(H,31,34). The summed E-state index contributed by atoms with van der Waals surface area (Å²) in [5.41, 5.74) is 5.19. The van der Waals surface area contributed by atoms with Crippen LogP contribution in [0.4, 0.5) is 0 Å². The molecule has 0 aliphatic rings. The molecule has 4 aromatic rings. The van der Waals surface area contributed by atoms with Crippen LogP contribution >= 0.6 is 0 Å². The number of carbonyl (C=O) groups excluding carboxylic acids is 1. The van der Waals surface area contributed by atoms with Crippen molar-refractivity contribution in [2.24, 2.45) is 0 Å². The molecule has 1 N–H and O–H groups in total. The zero-order valence-corrected chi connectivity index (χ0v) is 21.3. The fourth-order valence-electron chi connectivity index (χ4n) is 4.17. The molecular weight excluding hydrogens is 434 g/mol. The lowest BCUT2D eigenvalue weighted by Crippen LogP contribution is -2.28. The zero-order chi connectivity index (χ0) is 25.0. The maximum atomic E-state index is 12.8. The van der Waals surface area contributed by atoms with Crippen molar-refractivity contribution in [1.29, 1.82) is 0 Å². The van der Waals surface area contributed by atoms with Crippen LogP contribution in [0.5, 0.6) is 5.75 Å². The molecule has 35 heavy (non-hydrogen) atoms. The summed E-state index contributed by atoms with van der Waals surface area (Å²) in [4.78, 5) is 17.7. The Labute approximate surface area is 208 Å². The van der Waals surface area contributed by atoms with E-state index < -0.39 is 0 Å². The number of hydrogen-bond acceptors (Lipinski definition) is 3. The van der Waals surface area contributed by atoms with Crippen molar-refractivity contribution in [2.75, 3.05) is 6.61 Å². The van der Waals surface area contributed by atoms with Crippen LogP contribution in [-0.4, -0.2) is 22.1 Å². The van der Waals surface area contributed by atoms with Crippen molar-refractivity contribution in [1.82, 2.24) is 14.9 Å². The number of ether oxygens (including phenoxy) is 1. The van der Waals surface area contributed by atoms with Crippen LogP contribution in [0.1, 0.15) is 67.5 Å². The minimum atomic E-state index is -0.234. The molecule has 1 heterocycles. The summed E-state index contributed by atoms with van der Waals surface area (Å²) in [5, 5.41) is 3.11. The van der Waals surface area contributed by atoms with Gasteiger partial charge in [0.15, 0.2) is 0 Å². The highest BCUT2D eigenvalue weighted by Gasteiger charge is 2.19. The lowest BCUT2D eigenvalue weighted by Gasteiger charge is -2.19. The molecular formula is C30H35N3O2. The number of fused-ring (bicyclic) bond motifs is 1. The lowest BCUT2D eigenvalue weighted by atomic mass is 9.87. The normalized spacial score (nSPS) is 12.5. The first-order chi connectivity index (χ1) is 16.7. The topological polar surface area (TPSA) is 56.2 Å². The summed E-state index contributed by atoms with van der Waals surface area (Å²) in [6.45, 7) is 12.0. The Balaban J connectivity index is 1.43. The second kappa shape index (κ2) is 10.3. The Morgan fingerprint density at radius 2 is 1.69 bits per heavy atom. The van der Waals surface area contributed by atoms with Crippen molar-refractivity contribution in [2.45, 2.75) is 59.0 Å². The number of imidazole rings is 1. The molecule has 182 valence electrons. The average molecular weight is 470 g/mol. The second-order valence-corrected chi connectivity index (χ2v) is 10.1. The number of para-hydroxylation sites is 2. The summed E-state index contributed by atoms with van der Waals surface area (Å²) >= 11 is 0. The van der Waals surface area contributed by atoms with Crippen molar-refractivity contribution < 1.29 is 9.53 Å². The number of carbonyl (C=O) groups is 1. The SMILES string of the molecule is Cc1ccc(C(=O)NC(C)c2nc3ccccc3n2CCCOc2ccc(C(C)(C)C)cc2)cc1. The van der Waals surface area contributed by atoms with Crippen LogP contribution in [0.3, 0.4) is 0 Å². The van der Waals surface area contributed by atoms with Gasteiger partial charge in [-0.15, -0.1) is 0 Å². The molecule has 0 saturated carbocycles. The van der Waals surface area contributed by atoms with Crippen LogP contribution in [0.15, 0.2) is 72.8 Å². The van der Waals surface area contributed by atoms with Gasteiger partial charge in [0.1, 0.15) is 11.6 Å². The number of aryl methyl sites for hydroxylation is 2. The first kappa shape index (κ1) is 24.5. The summed E-state index contributed by atoms with van der Waals surface area (Å²) in [6.07, 6.45) is 0.826. The monoisotopic (exact) mass is 469 g/mol. The molecule has 1 unspecified atom stereocenters. The van der Waals surface area contributed by atoms with Crippen molar-refractivity contribution in [3.63, 3.8) is 0 Å². The van der Waals surface area contributed by atoms with Crippen LogP contribution in [0, 0.1) is 6.92 Å². The van der Waals surface area contributed by atoms with E-state index in [0.29, 0.717) is 12.2 Å². The van der Waals surface area contributed by atoms with Gasteiger partial charge in [0.2, 0.25) is 0 Å². The van der Waals surface area contributed by atoms with Crippen molar-refractivity contribution in [3.05, 3.63) is 95.3 Å². The third kappa shape index (κ3) is 5.91. The van der Waals surface area contributed by atoms with Gasteiger partial charge in [-0.2, -0.15) is 0 Å². The van der Waals surface area contributed by atoms with Crippen molar-refractivity contribution in [3.8, 4) is 5.75 Å². The molecule has 0 radical (unpaired) electrons. The number of benzene rings is 3. The van der Waals surface area contributed by atoms with E-state index in [0.717, 1.165) is 41.1 Å². The Morgan fingerprint density at radius 1 is 1.00 bits per heavy atom. The Morgan fingerprint density at radius 3 is 2.37 bits per heavy atom. The minimum Gasteiger partial charge on any atom is -0.494 e. The predicted molar refractivity (Wildman–Crippen MR) is 142 cm³/mol. The Bertz CT molecular complexity index is 1280. The first-order valence-corrected chi connectivity index (χ1v) is 12.3. The van der Waals surface area contributed by atoms with Gasteiger partial charge in [0, 0.05) is 12.1 Å². The quantitative estimate of drug-likeness (QED) is 0.296. The van der Waals surface area contributed by atoms with E-state index in [-0.39, 0.29) is 17.4 Å². The fraction of sp³-hybridized carbons (Fsp3) is 0.333. The maximum Gasteiger partial charge on any atom is 0.251 e. The van der Waals surface area contributed by atoms with Crippen LogP contribution in [0.2, 0.25) is 0 Å². The number of hydrogen-bond donors (Lipinski definition) is 1. The second-order valence-electron chi connectivity index (χ2n) is 10.1. The van der Waals surface area contributed by atoms with E-state index in [2.05, 4.69) is 48.9 Å². The molecule has 0 aliphatic heterocycles. The average Bonchev–Trinajstić information content (AvgIpc) is 3.21. The lowest BCUT2D eigenvalue weighted by molar-refractivity contribution is 0.0937. The summed E-state index contributed by atoms with van der Waals surface area (Å²) in [6, 6.07) is 23.8. The molecule has 0 saturated heterocycles. The largest absolute Gasteiger partial charge is 0.494 e. The number of aromatic nitrogens is 2. The Kier molecular flexibility index (Phi) is 7.25. The summed E-state index contributed by atoms with van der Waals surface area (Å²) in [7, 11) is 0. The Hall–Kier alpha value is -3.60. The van der Waals surface area contributed by atoms with Gasteiger partial charge >= 0.3 is 0 Å². The smallest absolute Gasteiger partial charge is 0.251 e. The maximum absolute atomic E-state index is 12.8. The van der Waals surface area contributed by atoms with E-state index in [4.69, 9.17) is 9.72 Å².